The molecule has 0 saturated carbocycles. The molecule has 0 radical (unpaired) electrons. The molecule has 17 heavy (non-hydrogen) atoms. The van der Waals surface area contributed by atoms with E-state index in [1.54, 1.807) is 7.11 Å². The monoisotopic (exact) mass is 235 g/mol. The number of hydrogen-bond acceptors (Lipinski definition) is 3. The molecule has 1 heterocycles. The predicted octanol–water partition coefficient (Wildman–Crippen LogP) is 1.75. The largest absolute Gasteiger partial charge is 0.377 e. The van der Waals surface area contributed by atoms with Gasteiger partial charge in [0.2, 0.25) is 0 Å². The van der Waals surface area contributed by atoms with Crippen molar-refractivity contribution in [2.75, 3.05) is 20.3 Å². The summed E-state index contributed by atoms with van der Waals surface area (Å²) < 4.78 is 10.8. The van der Waals surface area contributed by atoms with Crippen molar-refractivity contribution in [2.45, 2.75) is 32.0 Å². The first-order chi connectivity index (χ1) is 8.33. The van der Waals surface area contributed by atoms with Crippen LogP contribution in [0.3, 0.4) is 0 Å². The van der Waals surface area contributed by atoms with E-state index in [0.717, 1.165) is 19.6 Å². The summed E-state index contributed by atoms with van der Waals surface area (Å²) in [6.45, 7) is 4.50. The van der Waals surface area contributed by atoms with Gasteiger partial charge in [-0.2, -0.15) is 0 Å². The Morgan fingerprint density at radius 2 is 2.18 bits per heavy atom. The van der Waals surface area contributed by atoms with Crippen LogP contribution in [0.1, 0.15) is 18.1 Å². The van der Waals surface area contributed by atoms with Gasteiger partial charge in [-0.1, -0.05) is 31.2 Å². The third-order valence-corrected chi connectivity index (χ3v) is 3.30. The minimum atomic E-state index is 0.185. The van der Waals surface area contributed by atoms with Crippen LogP contribution in [0.4, 0.5) is 0 Å². The van der Waals surface area contributed by atoms with Crippen molar-refractivity contribution in [3.05, 3.63) is 35.4 Å². The van der Waals surface area contributed by atoms with E-state index < -0.39 is 0 Å². The second-order valence-electron chi connectivity index (χ2n) is 4.47. The van der Waals surface area contributed by atoms with Crippen molar-refractivity contribution >= 4 is 0 Å². The second kappa shape index (κ2) is 6.15. The average molecular weight is 235 g/mol. The quantitative estimate of drug-likeness (QED) is 0.843. The van der Waals surface area contributed by atoms with E-state index in [1.165, 1.54) is 11.1 Å². The molecule has 1 aliphatic heterocycles. The van der Waals surface area contributed by atoms with Gasteiger partial charge in [-0.25, -0.2) is 0 Å². The van der Waals surface area contributed by atoms with E-state index in [2.05, 4.69) is 36.5 Å². The summed E-state index contributed by atoms with van der Waals surface area (Å²) in [5.41, 5.74) is 2.71. The maximum atomic E-state index is 5.41. The number of hydrogen-bond donors (Lipinski definition) is 1. The minimum Gasteiger partial charge on any atom is -0.377 e. The summed E-state index contributed by atoms with van der Waals surface area (Å²) in [5, 5.41) is 3.50. The first-order valence-electron chi connectivity index (χ1n) is 6.25. The van der Waals surface area contributed by atoms with Crippen molar-refractivity contribution in [2.24, 2.45) is 0 Å². The molecule has 0 bridgehead atoms. The van der Waals surface area contributed by atoms with Crippen molar-refractivity contribution in [1.29, 1.82) is 0 Å². The number of nitrogens with one attached hydrogen (secondary N) is 1. The van der Waals surface area contributed by atoms with Crippen molar-refractivity contribution in [3.63, 3.8) is 0 Å². The first-order valence-corrected chi connectivity index (χ1v) is 6.25. The Balaban J connectivity index is 1.88. The number of methoxy groups -OCH3 is 1. The Kier molecular flexibility index (Phi) is 4.54. The van der Waals surface area contributed by atoms with Crippen LogP contribution >= 0.6 is 0 Å². The Labute approximate surface area is 103 Å². The number of ether oxygens (including phenoxy) is 2. The summed E-state index contributed by atoms with van der Waals surface area (Å²) >= 11 is 0. The minimum absolute atomic E-state index is 0.185. The number of aryl methyl sites for hydroxylation is 1. The zero-order valence-electron chi connectivity index (χ0n) is 10.6. The molecule has 0 aromatic heterocycles. The van der Waals surface area contributed by atoms with Crippen LogP contribution in [0, 0.1) is 0 Å². The highest BCUT2D eigenvalue weighted by Crippen LogP contribution is 2.11. The van der Waals surface area contributed by atoms with Crippen molar-refractivity contribution in [1.82, 2.24) is 5.32 Å². The number of rotatable bonds is 5. The van der Waals surface area contributed by atoms with Crippen LogP contribution in [0.25, 0.3) is 0 Å². The SMILES string of the molecule is CCc1cccc(CN[C@@H]2COC[C@H]2OC)c1. The molecule has 3 heteroatoms. The lowest BCUT2D eigenvalue weighted by atomic mass is 10.1. The molecule has 0 aliphatic carbocycles. The summed E-state index contributed by atoms with van der Waals surface area (Å²) in [5.74, 6) is 0. The third kappa shape index (κ3) is 3.28. The van der Waals surface area contributed by atoms with Crippen LogP contribution in [0.5, 0.6) is 0 Å². The molecule has 0 spiro atoms. The lowest BCUT2D eigenvalue weighted by Crippen LogP contribution is -2.39. The smallest absolute Gasteiger partial charge is 0.0979 e. The Bertz CT molecular complexity index is 354. The highest BCUT2D eigenvalue weighted by molar-refractivity contribution is 5.23. The molecule has 2 rings (SSSR count). The van der Waals surface area contributed by atoms with E-state index in [9.17, 15) is 0 Å². The van der Waals surface area contributed by atoms with Gasteiger partial charge in [0.25, 0.3) is 0 Å². The molecule has 1 N–H and O–H groups in total. The first kappa shape index (κ1) is 12.6. The predicted molar refractivity (Wildman–Crippen MR) is 68.1 cm³/mol. The summed E-state index contributed by atoms with van der Waals surface area (Å²) in [4.78, 5) is 0. The van der Waals surface area contributed by atoms with Gasteiger partial charge in [-0.15, -0.1) is 0 Å². The molecule has 1 aromatic carbocycles. The van der Waals surface area contributed by atoms with E-state index in [4.69, 9.17) is 9.47 Å². The summed E-state index contributed by atoms with van der Waals surface area (Å²) in [6.07, 6.45) is 1.27. The van der Waals surface area contributed by atoms with Gasteiger partial charge < -0.3 is 14.8 Å². The standard InChI is InChI=1S/C14H21NO2/c1-3-11-5-4-6-12(7-11)8-15-13-9-17-10-14(13)16-2/h4-7,13-15H,3,8-10H2,1-2H3/t13-,14-/m1/s1. The molecule has 2 atom stereocenters. The van der Waals surface area contributed by atoms with E-state index in [0.29, 0.717) is 12.6 Å². The molecule has 1 aromatic rings. The highest BCUT2D eigenvalue weighted by atomic mass is 16.5. The molecule has 94 valence electrons. The third-order valence-electron chi connectivity index (χ3n) is 3.30. The van der Waals surface area contributed by atoms with Gasteiger partial charge >= 0.3 is 0 Å². The molecule has 1 aliphatic rings. The maximum Gasteiger partial charge on any atom is 0.0979 e. The normalized spacial score (nSPS) is 24.1. The average Bonchev–Trinajstić information content (AvgIpc) is 2.84. The zero-order valence-corrected chi connectivity index (χ0v) is 10.6. The van der Waals surface area contributed by atoms with Crippen LogP contribution in [0.2, 0.25) is 0 Å². The summed E-state index contributed by atoms with van der Waals surface area (Å²) in [6, 6.07) is 9.01. The number of benzene rings is 1. The molecule has 1 fully saturated rings. The van der Waals surface area contributed by atoms with Gasteiger partial charge in [0, 0.05) is 13.7 Å². The lowest BCUT2D eigenvalue weighted by Gasteiger charge is -2.17. The fraction of sp³-hybridized carbons (Fsp3) is 0.571. The second-order valence-corrected chi connectivity index (χ2v) is 4.47. The molecule has 1 saturated heterocycles. The molecule has 3 nitrogen and oxygen atoms in total. The van der Waals surface area contributed by atoms with Gasteiger partial charge in [-0.05, 0) is 17.5 Å². The van der Waals surface area contributed by atoms with E-state index >= 15 is 0 Å². The highest BCUT2D eigenvalue weighted by Gasteiger charge is 2.27. The topological polar surface area (TPSA) is 30.5 Å². The molecular weight excluding hydrogens is 214 g/mol. The van der Waals surface area contributed by atoms with Crippen molar-refractivity contribution < 1.29 is 9.47 Å². The molecular formula is C14H21NO2. The van der Waals surface area contributed by atoms with Crippen LogP contribution in [-0.2, 0) is 22.4 Å². The maximum absolute atomic E-state index is 5.41. The summed E-state index contributed by atoms with van der Waals surface area (Å²) in [7, 11) is 1.74. The fourth-order valence-corrected chi connectivity index (χ4v) is 2.17. The van der Waals surface area contributed by atoms with E-state index in [1.807, 2.05) is 0 Å². The molecule has 0 amide bonds. The lowest BCUT2D eigenvalue weighted by molar-refractivity contribution is 0.0732. The van der Waals surface area contributed by atoms with Gasteiger partial charge in [0.1, 0.15) is 0 Å². The van der Waals surface area contributed by atoms with Gasteiger partial charge in [0.05, 0.1) is 25.4 Å². The zero-order chi connectivity index (χ0) is 12.1. The Morgan fingerprint density at radius 1 is 1.35 bits per heavy atom. The fourth-order valence-electron chi connectivity index (χ4n) is 2.17. The van der Waals surface area contributed by atoms with E-state index in [-0.39, 0.29) is 6.10 Å². The van der Waals surface area contributed by atoms with Crippen LogP contribution in [-0.4, -0.2) is 32.5 Å². The van der Waals surface area contributed by atoms with Gasteiger partial charge in [0.15, 0.2) is 0 Å². The van der Waals surface area contributed by atoms with Gasteiger partial charge in [-0.3, -0.25) is 0 Å². The molecule has 0 unspecified atom stereocenters. The van der Waals surface area contributed by atoms with Crippen molar-refractivity contribution in [3.8, 4) is 0 Å². The van der Waals surface area contributed by atoms with Crippen LogP contribution < -0.4 is 5.32 Å². The van der Waals surface area contributed by atoms with Crippen LogP contribution in [0.15, 0.2) is 24.3 Å². The Morgan fingerprint density at radius 3 is 2.94 bits per heavy atom. The Hall–Kier alpha value is -0.900.